The summed E-state index contributed by atoms with van der Waals surface area (Å²) in [6.45, 7) is 0. The minimum atomic E-state index is -0.234. The van der Waals surface area contributed by atoms with Gasteiger partial charge in [-0.05, 0) is 29.8 Å². The van der Waals surface area contributed by atoms with Crippen molar-refractivity contribution in [2.24, 2.45) is 4.99 Å². The molecule has 0 fully saturated rings. The van der Waals surface area contributed by atoms with Gasteiger partial charge in [-0.15, -0.1) is 0 Å². The van der Waals surface area contributed by atoms with Crippen molar-refractivity contribution in [1.29, 1.82) is 0 Å². The van der Waals surface area contributed by atoms with Crippen LogP contribution in [0.1, 0.15) is 12.0 Å². The highest BCUT2D eigenvalue weighted by Crippen LogP contribution is 2.22. The molecule has 2 aromatic rings. The number of amidine groups is 1. The molecular weight excluding hydrogens is 239 g/mol. The van der Waals surface area contributed by atoms with Crippen molar-refractivity contribution in [2.45, 2.75) is 6.42 Å². The van der Waals surface area contributed by atoms with Crippen molar-refractivity contribution >= 4 is 17.2 Å². The SMILES string of the molecule is Fc1ccc(NC2=NC(c3ccccc3)=CC2)cc1. The first-order valence-corrected chi connectivity index (χ1v) is 6.17. The average molecular weight is 252 g/mol. The number of hydrogen-bond acceptors (Lipinski definition) is 2. The first kappa shape index (κ1) is 11.7. The van der Waals surface area contributed by atoms with E-state index >= 15 is 0 Å². The Kier molecular flexibility index (Phi) is 3.11. The standard InChI is InChI=1S/C16H13FN2/c17-13-6-8-14(9-7-13)18-16-11-10-15(19-16)12-4-2-1-3-5-12/h1-10H,11H2,(H,18,19). The highest BCUT2D eigenvalue weighted by Gasteiger charge is 2.10. The number of halogens is 1. The second kappa shape index (κ2) is 5.06. The zero-order valence-corrected chi connectivity index (χ0v) is 10.3. The lowest BCUT2D eigenvalue weighted by Gasteiger charge is -2.05. The van der Waals surface area contributed by atoms with E-state index in [1.165, 1.54) is 12.1 Å². The van der Waals surface area contributed by atoms with Gasteiger partial charge < -0.3 is 5.32 Å². The highest BCUT2D eigenvalue weighted by molar-refractivity contribution is 6.03. The average Bonchev–Trinajstić information content (AvgIpc) is 2.91. The van der Waals surface area contributed by atoms with E-state index in [0.717, 1.165) is 29.2 Å². The third-order valence-electron chi connectivity index (χ3n) is 2.95. The summed E-state index contributed by atoms with van der Waals surface area (Å²) < 4.78 is 12.8. The van der Waals surface area contributed by atoms with Gasteiger partial charge in [-0.1, -0.05) is 36.4 Å². The van der Waals surface area contributed by atoms with E-state index < -0.39 is 0 Å². The summed E-state index contributed by atoms with van der Waals surface area (Å²) in [6.07, 6.45) is 2.85. The largest absolute Gasteiger partial charge is 0.343 e. The predicted octanol–water partition coefficient (Wildman–Crippen LogP) is 4.08. The van der Waals surface area contributed by atoms with Gasteiger partial charge in [-0.2, -0.15) is 0 Å². The monoisotopic (exact) mass is 252 g/mol. The Labute approximate surface area is 111 Å². The number of rotatable bonds is 2. The summed E-state index contributed by atoms with van der Waals surface area (Å²) in [6, 6.07) is 16.3. The van der Waals surface area contributed by atoms with E-state index in [9.17, 15) is 4.39 Å². The van der Waals surface area contributed by atoms with Gasteiger partial charge >= 0.3 is 0 Å². The Balaban J connectivity index is 1.74. The maximum atomic E-state index is 12.8. The van der Waals surface area contributed by atoms with Crippen LogP contribution in [-0.2, 0) is 0 Å². The molecule has 0 aliphatic carbocycles. The maximum absolute atomic E-state index is 12.8. The fraction of sp³-hybridized carbons (Fsp3) is 0.0625. The molecule has 1 N–H and O–H groups in total. The Morgan fingerprint density at radius 1 is 0.947 bits per heavy atom. The molecule has 2 nitrogen and oxygen atoms in total. The number of nitrogens with zero attached hydrogens (tertiary/aromatic N) is 1. The smallest absolute Gasteiger partial charge is 0.123 e. The van der Waals surface area contributed by atoms with Crippen molar-refractivity contribution in [3.8, 4) is 0 Å². The van der Waals surface area contributed by atoms with Gasteiger partial charge in [0, 0.05) is 12.1 Å². The van der Waals surface area contributed by atoms with E-state index in [1.807, 2.05) is 30.3 Å². The third-order valence-corrected chi connectivity index (χ3v) is 2.95. The van der Waals surface area contributed by atoms with Gasteiger partial charge in [-0.25, -0.2) is 9.38 Å². The summed E-state index contributed by atoms with van der Waals surface area (Å²) in [5, 5.41) is 3.20. The quantitative estimate of drug-likeness (QED) is 0.855. The molecule has 1 aliphatic rings. The molecule has 0 radical (unpaired) electrons. The number of aliphatic imine (C=N–C) groups is 1. The van der Waals surface area contributed by atoms with Gasteiger partial charge in [0.15, 0.2) is 0 Å². The van der Waals surface area contributed by atoms with Crippen molar-refractivity contribution < 1.29 is 4.39 Å². The van der Waals surface area contributed by atoms with E-state index in [-0.39, 0.29) is 5.82 Å². The molecule has 0 amide bonds. The molecule has 0 aromatic heterocycles. The van der Waals surface area contributed by atoms with Gasteiger partial charge in [0.2, 0.25) is 0 Å². The summed E-state index contributed by atoms with van der Waals surface area (Å²) >= 11 is 0. The molecule has 94 valence electrons. The molecule has 0 atom stereocenters. The van der Waals surface area contributed by atoms with Crippen LogP contribution in [-0.4, -0.2) is 5.84 Å². The van der Waals surface area contributed by atoms with Crippen molar-refractivity contribution in [3.63, 3.8) is 0 Å². The topological polar surface area (TPSA) is 24.4 Å². The lowest BCUT2D eigenvalue weighted by atomic mass is 10.1. The number of nitrogens with one attached hydrogen (secondary N) is 1. The molecule has 3 heteroatoms. The fourth-order valence-corrected chi connectivity index (χ4v) is 2.00. The van der Waals surface area contributed by atoms with E-state index in [4.69, 9.17) is 0 Å². The molecule has 0 bridgehead atoms. The normalized spacial score (nSPS) is 13.9. The van der Waals surface area contributed by atoms with E-state index in [1.54, 1.807) is 12.1 Å². The molecule has 0 saturated heterocycles. The summed E-state index contributed by atoms with van der Waals surface area (Å²) in [5.74, 6) is 0.646. The zero-order valence-electron chi connectivity index (χ0n) is 10.3. The lowest BCUT2D eigenvalue weighted by molar-refractivity contribution is 0.628. The molecule has 3 rings (SSSR count). The first-order chi connectivity index (χ1) is 9.31. The molecule has 1 heterocycles. The second-order valence-corrected chi connectivity index (χ2v) is 4.35. The Bertz CT molecular complexity index is 628. The van der Waals surface area contributed by atoms with Gasteiger partial charge in [0.25, 0.3) is 0 Å². The molecule has 19 heavy (non-hydrogen) atoms. The number of hydrogen-bond donors (Lipinski definition) is 1. The molecule has 0 saturated carbocycles. The zero-order chi connectivity index (χ0) is 13.1. The van der Waals surface area contributed by atoms with Gasteiger partial charge in [0.1, 0.15) is 11.7 Å². The highest BCUT2D eigenvalue weighted by atomic mass is 19.1. The number of benzene rings is 2. The fourth-order valence-electron chi connectivity index (χ4n) is 2.00. The van der Waals surface area contributed by atoms with Gasteiger partial charge in [-0.3, -0.25) is 0 Å². The van der Waals surface area contributed by atoms with Gasteiger partial charge in [0.05, 0.1) is 5.70 Å². The summed E-state index contributed by atoms with van der Waals surface area (Å²) in [4.78, 5) is 4.55. The summed E-state index contributed by atoms with van der Waals surface area (Å²) in [7, 11) is 0. The van der Waals surface area contributed by atoms with Crippen LogP contribution in [0.4, 0.5) is 10.1 Å². The minimum Gasteiger partial charge on any atom is -0.343 e. The third kappa shape index (κ3) is 2.71. The second-order valence-electron chi connectivity index (χ2n) is 4.35. The van der Waals surface area contributed by atoms with Crippen LogP contribution in [0, 0.1) is 5.82 Å². The maximum Gasteiger partial charge on any atom is 0.123 e. The lowest BCUT2D eigenvalue weighted by Crippen LogP contribution is -2.08. The Morgan fingerprint density at radius 2 is 1.68 bits per heavy atom. The van der Waals surface area contributed by atoms with Crippen LogP contribution in [0.2, 0.25) is 0 Å². The van der Waals surface area contributed by atoms with Crippen LogP contribution in [0.3, 0.4) is 0 Å². The van der Waals surface area contributed by atoms with Crippen molar-refractivity contribution in [2.75, 3.05) is 5.32 Å². The predicted molar refractivity (Wildman–Crippen MR) is 76.5 cm³/mol. The van der Waals surface area contributed by atoms with Crippen LogP contribution >= 0.6 is 0 Å². The first-order valence-electron chi connectivity index (χ1n) is 6.17. The Morgan fingerprint density at radius 3 is 2.42 bits per heavy atom. The molecular formula is C16H13FN2. The van der Waals surface area contributed by atoms with E-state index in [2.05, 4.69) is 16.4 Å². The molecule has 2 aromatic carbocycles. The Hall–Kier alpha value is -2.42. The minimum absolute atomic E-state index is 0.234. The molecule has 0 unspecified atom stereocenters. The van der Waals surface area contributed by atoms with Crippen molar-refractivity contribution in [3.05, 3.63) is 72.1 Å². The van der Waals surface area contributed by atoms with E-state index in [0.29, 0.717) is 0 Å². The van der Waals surface area contributed by atoms with Crippen LogP contribution in [0.15, 0.2) is 65.7 Å². The summed E-state index contributed by atoms with van der Waals surface area (Å²) in [5.41, 5.74) is 2.94. The van der Waals surface area contributed by atoms with Crippen LogP contribution < -0.4 is 5.32 Å². The molecule has 0 spiro atoms. The van der Waals surface area contributed by atoms with Crippen LogP contribution in [0.5, 0.6) is 0 Å². The number of anilines is 1. The van der Waals surface area contributed by atoms with Crippen LogP contribution in [0.25, 0.3) is 5.70 Å². The molecule has 1 aliphatic heterocycles. The van der Waals surface area contributed by atoms with Crippen molar-refractivity contribution in [1.82, 2.24) is 0 Å².